The first kappa shape index (κ1) is 27.0. The van der Waals surface area contributed by atoms with Gasteiger partial charge in [0.05, 0.1) is 24.7 Å². The molecule has 188 valence electrons. The van der Waals surface area contributed by atoms with Gasteiger partial charge in [0, 0.05) is 18.0 Å². The largest absolute Gasteiger partial charge is 0.493 e. The number of nitrogens with zero attached hydrogens (tertiary/aromatic N) is 4. The summed E-state index contributed by atoms with van der Waals surface area (Å²) in [6.07, 6.45) is 1.48. The summed E-state index contributed by atoms with van der Waals surface area (Å²) in [6.45, 7) is 8.95. The maximum atomic E-state index is 12.4. The highest BCUT2D eigenvalue weighted by molar-refractivity contribution is 7.99. The Labute approximate surface area is 217 Å². The van der Waals surface area contributed by atoms with Gasteiger partial charge in [-0.3, -0.25) is 4.79 Å². The van der Waals surface area contributed by atoms with E-state index in [1.807, 2.05) is 36.6 Å². The van der Waals surface area contributed by atoms with Crippen LogP contribution in [0.25, 0.3) is 0 Å². The molecule has 0 bridgehead atoms. The minimum absolute atomic E-state index is 0.143. The van der Waals surface area contributed by atoms with Crippen LogP contribution in [-0.4, -0.2) is 50.6 Å². The van der Waals surface area contributed by atoms with Gasteiger partial charge in [0.1, 0.15) is 16.5 Å². The number of hydrogen-bond acceptors (Lipinski definition) is 9. The summed E-state index contributed by atoms with van der Waals surface area (Å²) in [7, 11) is 0. The zero-order chi connectivity index (χ0) is 25.4. The van der Waals surface area contributed by atoms with Gasteiger partial charge < -0.3 is 19.4 Å². The van der Waals surface area contributed by atoms with E-state index in [0.29, 0.717) is 45.5 Å². The van der Waals surface area contributed by atoms with Crippen LogP contribution in [0.15, 0.2) is 23.4 Å². The molecule has 0 fully saturated rings. The first-order valence-corrected chi connectivity index (χ1v) is 13.4. The molecular weight excluding hydrogens is 510 g/mol. The SMILES string of the molecule is CCOC(=O)c1sc(NC(=O)CSc2nnc(CCCOc3ccc(Cl)cc3C)n2CC)nc1C. The highest BCUT2D eigenvalue weighted by Gasteiger charge is 2.18. The van der Waals surface area contributed by atoms with Gasteiger partial charge in [0.25, 0.3) is 0 Å². The first-order chi connectivity index (χ1) is 16.8. The Morgan fingerprint density at radius 1 is 1.23 bits per heavy atom. The van der Waals surface area contributed by atoms with E-state index in [1.54, 1.807) is 13.8 Å². The molecule has 0 saturated carbocycles. The molecule has 0 aliphatic carbocycles. The summed E-state index contributed by atoms with van der Waals surface area (Å²) in [5.74, 6) is 1.14. The van der Waals surface area contributed by atoms with E-state index in [9.17, 15) is 9.59 Å². The van der Waals surface area contributed by atoms with Gasteiger partial charge in [0.15, 0.2) is 10.3 Å². The number of anilines is 1. The number of hydrogen-bond donors (Lipinski definition) is 1. The number of aryl methyl sites for hydroxylation is 3. The standard InChI is InChI=1S/C23H28ClN5O4S2/c1-5-29-18(8-7-11-33-17-10-9-16(24)12-14(17)3)27-28-23(29)34-13-19(30)26-22-25-15(4)20(35-22)21(31)32-6-2/h9-10,12H,5-8,11,13H2,1-4H3,(H,25,26,30). The average Bonchev–Trinajstić information content (AvgIpc) is 3.38. The second-order valence-corrected chi connectivity index (χ2v) is 9.87. The normalized spacial score (nSPS) is 10.9. The van der Waals surface area contributed by atoms with E-state index < -0.39 is 5.97 Å². The lowest BCUT2D eigenvalue weighted by Gasteiger charge is -2.10. The zero-order valence-corrected chi connectivity index (χ0v) is 22.5. The van der Waals surface area contributed by atoms with Crippen molar-refractivity contribution >= 4 is 51.7 Å². The molecular formula is C23H28ClN5O4S2. The molecule has 0 aliphatic heterocycles. The van der Waals surface area contributed by atoms with Gasteiger partial charge >= 0.3 is 5.97 Å². The van der Waals surface area contributed by atoms with Crippen LogP contribution in [0, 0.1) is 13.8 Å². The Morgan fingerprint density at radius 3 is 2.74 bits per heavy atom. The summed E-state index contributed by atoms with van der Waals surface area (Å²) in [4.78, 5) is 29.0. The van der Waals surface area contributed by atoms with E-state index in [0.717, 1.165) is 34.9 Å². The molecule has 1 amide bonds. The third-order valence-electron chi connectivity index (χ3n) is 4.89. The van der Waals surface area contributed by atoms with Crippen molar-refractivity contribution in [3.05, 3.63) is 45.2 Å². The van der Waals surface area contributed by atoms with E-state index in [4.69, 9.17) is 21.1 Å². The molecule has 1 N–H and O–H groups in total. The van der Waals surface area contributed by atoms with Gasteiger partial charge in [-0.2, -0.15) is 0 Å². The summed E-state index contributed by atoms with van der Waals surface area (Å²) < 4.78 is 12.9. The highest BCUT2D eigenvalue weighted by Crippen LogP contribution is 2.25. The number of esters is 1. The van der Waals surface area contributed by atoms with Gasteiger partial charge in [-0.05, 0) is 57.9 Å². The van der Waals surface area contributed by atoms with Crippen LogP contribution in [-0.2, 0) is 22.5 Å². The zero-order valence-electron chi connectivity index (χ0n) is 20.1. The van der Waals surface area contributed by atoms with Crippen LogP contribution in [0.1, 0.15) is 47.0 Å². The van der Waals surface area contributed by atoms with E-state index in [-0.39, 0.29) is 18.3 Å². The smallest absolute Gasteiger partial charge is 0.350 e. The van der Waals surface area contributed by atoms with Gasteiger partial charge in [-0.1, -0.05) is 34.7 Å². The Hall–Kier alpha value is -2.63. The fourth-order valence-corrected chi connectivity index (χ4v) is 5.16. The van der Waals surface area contributed by atoms with Crippen molar-refractivity contribution in [3.63, 3.8) is 0 Å². The molecule has 2 aromatic heterocycles. The predicted molar refractivity (Wildman–Crippen MR) is 138 cm³/mol. The lowest BCUT2D eigenvalue weighted by Crippen LogP contribution is -2.14. The molecule has 0 unspecified atom stereocenters. The van der Waals surface area contributed by atoms with Crippen molar-refractivity contribution < 1.29 is 19.1 Å². The predicted octanol–water partition coefficient (Wildman–Crippen LogP) is 4.94. The second-order valence-electron chi connectivity index (χ2n) is 7.50. The fraction of sp³-hybridized carbons (Fsp3) is 0.435. The monoisotopic (exact) mass is 537 g/mol. The number of thiazole rings is 1. The molecule has 0 aliphatic rings. The van der Waals surface area contributed by atoms with Crippen LogP contribution in [0.5, 0.6) is 5.75 Å². The number of amides is 1. The number of benzene rings is 1. The number of thioether (sulfide) groups is 1. The van der Waals surface area contributed by atoms with E-state index >= 15 is 0 Å². The Morgan fingerprint density at radius 2 is 2.03 bits per heavy atom. The van der Waals surface area contributed by atoms with Crippen LogP contribution in [0.4, 0.5) is 5.13 Å². The summed E-state index contributed by atoms with van der Waals surface area (Å²) in [5.41, 5.74) is 1.53. The third kappa shape index (κ3) is 7.42. The van der Waals surface area contributed by atoms with Gasteiger partial charge in [-0.25, -0.2) is 9.78 Å². The van der Waals surface area contributed by atoms with Crippen molar-refractivity contribution in [2.24, 2.45) is 0 Å². The Balaban J connectivity index is 1.49. The number of halogens is 1. The van der Waals surface area contributed by atoms with Crippen molar-refractivity contribution in [2.45, 2.75) is 52.2 Å². The molecule has 0 spiro atoms. The quantitative estimate of drug-likeness (QED) is 0.196. The molecule has 0 radical (unpaired) electrons. The maximum Gasteiger partial charge on any atom is 0.350 e. The molecule has 3 rings (SSSR count). The van der Waals surface area contributed by atoms with Gasteiger partial charge in [0.2, 0.25) is 5.91 Å². The lowest BCUT2D eigenvalue weighted by molar-refractivity contribution is -0.113. The van der Waals surface area contributed by atoms with E-state index in [2.05, 4.69) is 20.5 Å². The highest BCUT2D eigenvalue weighted by atomic mass is 35.5. The minimum Gasteiger partial charge on any atom is -0.493 e. The van der Waals surface area contributed by atoms with Crippen LogP contribution >= 0.6 is 34.7 Å². The Bertz CT molecular complexity index is 1180. The lowest BCUT2D eigenvalue weighted by atomic mass is 10.2. The summed E-state index contributed by atoms with van der Waals surface area (Å²) >= 11 is 8.39. The minimum atomic E-state index is -0.436. The number of ether oxygens (including phenoxy) is 2. The van der Waals surface area contributed by atoms with Crippen LogP contribution in [0.2, 0.25) is 5.02 Å². The number of aromatic nitrogens is 4. The van der Waals surface area contributed by atoms with Gasteiger partial charge in [-0.15, -0.1) is 10.2 Å². The van der Waals surface area contributed by atoms with Crippen molar-refractivity contribution in [1.82, 2.24) is 19.7 Å². The van der Waals surface area contributed by atoms with Crippen molar-refractivity contribution in [2.75, 3.05) is 24.3 Å². The van der Waals surface area contributed by atoms with Crippen LogP contribution < -0.4 is 10.1 Å². The van der Waals surface area contributed by atoms with Crippen molar-refractivity contribution in [1.29, 1.82) is 0 Å². The maximum absolute atomic E-state index is 12.4. The summed E-state index contributed by atoms with van der Waals surface area (Å²) in [6, 6.07) is 5.56. The molecule has 9 nitrogen and oxygen atoms in total. The number of carbonyl (C=O) groups is 2. The van der Waals surface area contributed by atoms with Crippen molar-refractivity contribution in [3.8, 4) is 5.75 Å². The van der Waals surface area contributed by atoms with E-state index in [1.165, 1.54) is 11.8 Å². The number of carbonyl (C=O) groups excluding carboxylic acids is 2. The topological polar surface area (TPSA) is 108 Å². The average molecular weight is 538 g/mol. The molecule has 0 atom stereocenters. The second kappa shape index (κ2) is 12.9. The molecule has 0 saturated heterocycles. The first-order valence-electron chi connectivity index (χ1n) is 11.2. The Kier molecular flexibility index (Phi) is 9.93. The number of rotatable bonds is 12. The molecule has 12 heteroatoms. The molecule has 2 heterocycles. The fourth-order valence-electron chi connectivity index (χ4n) is 3.24. The third-order valence-corrected chi connectivity index (χ3v) is 7.14. The summed E-state index contributed by atoms with van der Waals surface area (Å²) in [5, 5.41) is 13.0. The molecule has 1 aromatic carbocycles. The van der Waals surface area contributed by atoms with Crippen LogP contribution in [0.3, 0.4) is 0 Å². The number of nitrogens with one attached hydrogen (secondary N) is 1. The molecule has 3 aromatic rings. The molecule has 35 heavy (non-hydrogen) atoms.